The smallest absolute Gasteiger partial charge is 0.0827 e. The third kappa shape index (κ3) is 3.55. The average molecular weight is 234 g/mol. The molecule has 0 aromatic heterocycles. The van der Waals surface area contributed by atoms with Crippen LogP contribution in [0.2, 0.25) is 0 Å². The number of hydrogen-bond donors (Lipinski definition) is 1. The monoisotopic (exact) mass is 234 g/mol. The van der Waals surface area contributed by atoms with Crippen molar-refractivity contribution in [1.29, 1.82) is 0 Å². The van der Waals surface area contributed by atoms with E-state index in [1.54, 1.807) is 0 Å². The van der Waals surface area contributed by atoms with E-state index in [9.17, 15) is 5.11 Å². The lowest BCUT2D eigenvalue weighted by Gasteiger charge is -2.24. The van der Waals surface area contributed by atoms with Crippen LogP contribution in [0, 0.1) is 5.92 Å². The Balaban J connectivity index is 1.78. The Morgan fingerprint density at radius 3 is 2.53 bits per heavy atom. The molecule has 1 fully saturated rings. The molecule has 2 nitrogen and oxygen atoms in total. The largest absolute Gasteiger partial charge is 0.390 e. The fraction of sp³-hybridized carbons (Fsp3) is 0.600. The van der Waals surface area contributed by atoms with E-state index in [0.29, 0.717) is 12.5 Å². The number of hydrogen-bond acceptors (Lipinski definition) is 2. The summed E-state index contributed by atoms with van der Waals surface area (Å²) in [6, 6.07) is 10.1. The SMILES string of the molecule is C[C@H](OCc1ccccc1)[C@H](O)C1CCCC1. The molecule has 0 aliphatic heterocycles. The number of aliphatic hydroxyl groups is 1. The van der Waals surface area contributed by atoms with Gasteiger partial charge in [-0.05, 0) is 31.2 Å². The number of rotatable bonds is 5. The standard InChI is InChI=1S/C15H22O2/c1-12(15(16)14-9-5-6-10-14)17-11-13-7-3-2-4-8-13/h2-4,7-8,12,14-16H,5-6,9-11H2,1H3/t12-,15-/m0/s1. The van der Waals surface area contributed by atoms with Crippen LogP contribution in [0.25, 0.3) is 0 Å². The summed E-state index contributed by atoms with van der Waals surface area (Å²) in [4.78, 5) is 0. The lowest BCUT2D eigenvalue weighted by atomic mass is 9.97. The molecule has 1 aromatic carbocycles. The first kappa shape index (κ1) is 12.6. The molecule has 0 amide bonds. The third-order valence-corrected chi connectivity index (χ3v) is 3.72. The molecule has 1 saturated carbocycles. The first-order valence-corrected chi connectivity index (χ1v) is 6.61. The molecule has 0 spiro atoms. The molecule has 17 heavy (non-hydrogen) atoms. The van der Waals surface area contributed by atoms with E-state index in [4.69, 9.17) is 4.74 Å². The van der Waals surface area contributed by atoms with Gasteiger partial charge in [0.1, 0.15) is 0 Å². The summed E-state index contributed by atoms with van der Waals surface area (Å²) in [5.74, 6) is 0.445. The molecule has 2 heteroatoms. The van der Waals surface area contributed by atoms with Crippen LogP contribution in [-0.4, -0.2) is 17.3 Å². The summed E-state index contributed by atoms with van der Waals surface area (Å²) in [7, 11) is 0. The zero-order valence-electron chi connectivity index (χ0n) is 10.5. The Morgan fingerprint density at radius 1 is 1.24 bits per heavy atom. The third-order valence-electron chi connectivity index (χ3n) is 3.72. The molecule has 0 heterocycles. The molecule has 1 N–H and O–H groups in total. The molecule has 1 aromatic rings. The summed E-state index contributed by atoms with van der Waals surface area (Å²) >= 11 is 0. The van der Waals surface area contributed by atoms with Crippen LogP contribution in [0.5, 0.6) is 0 Å². The molecule has 2 rings (SSSR count). The van der Waals surface area contributed by atoms with Gasteiger partial charge in [-0.2, -0.15) is 0 Å². The Hall–Kier alpha value is -0.860. The molecule has 2 atom stereocenters. The van der Waals surface area contributed by atoms with Crippen molar-refractivity contribution in [1.82, 2.24) is 0 Å². The zero-order valence-corrected chi connectivity index (χ0v) is 10.5. The van der Waals surface area contributed by atoms with Gasteiger partial charge in [-0.1, -0.05) is 43.2 Å². The van der Waals surface area contributed by atoms with E-state index in [1.807, 2.05) is 25.1 Å². The van der Waals surface area contributed by atoms with E-state index in [-0.39, 0.29) is 12.2 Å². The second-order valence-corrected chi connectivity index (χ2v) is 5.04. The van der Waals surface area contributed by atoms with Crippen LogP contribution in [0.4, 0.5) is 0 Å². The number of aliphatic hydroxyl groups excluding tert-OH is 1. The lowest BCUT2D eigenvalue weighted by Crippen LogP contribution is -2.32. The van der Waals surface area contributed by atoms with Gasteiger partial charge >= 0.3 is 0 Å². The van der Waals surface area contributed by atoms with Crippen LogP contribution in [-0.2, 0) is 11.3 Å². The first-order chi connectivity index (χ1) is 8.27. The van der Waals surface area contributed by atoms with Crippen molar-refractivity contribution in [3.63, 3.8) is 0 Å². The molecule has 1 aliphatic carbocycles. The van der Waals surface area contributed by atoms with Gasteiger partial charge in [-0.3, -0.25) is 0 Å². The van der Waals surface area contributed by atoms with Crippen molar-refractivity contribution in [2.75, 3.05) is 0 Å². The molecular weight excluding hydrogens is 212 g/mol. The van der Waals surface area contributed by atoms with E-state index >= 15 is 0 Å². The quantitative estimate of drug-likeness (QED) is 0.848. The lowest BCUT2D eigenvalue weighted by molar-refractivity contribution is -0.0584. The first-order valence-electron chi connectivity index (χ1n) is 6.61. The highest BCUT2D eigenvalue weighted by Crippen LogP contribution is 2.29. The van der Waals surface area contributed by atoms with Crippen LogP contribution < -0.4 is 0 Å². The van der Waals surface area contributed by atoms with Gasteiger partial charge < -0.3 is 9.84 Å². The summed E-state index contributed by atoms with van der Waals surface area (Å²) in [6.45, 7) is 2.57. The topological polar surface area (TPSA) is 29.5 Å². The Labute approximate surface area is 104 Å². The predicted octanol–water partition coefficient (Wildman–Crippen LogP) is 3.14. The number of benzene rings is 1. The summed E-state index contributed by atoms with van der Waals surface area (Å²) < 4.78 is 5.75. The van der Waals surface area contributed by atoms with Gasteiger partial charge in [0.2, 0.25) is 0 Å². The minimum absolute atomic E-state index is 0.0710. The van der Waals surface area contributed by atoms with E-state index in [1.165, 1.54) is 12.8 Å². The fourth-order valence-electron chi connectivity index (χ4n) is 2.58. The molecule has 1 aliphatic rings. The summed E-state index contributed by atoms with van der Waals surface area (Å²) in [5, 5.41) is 10.2. The van der Waals surface area contributed by atoms with Crippen molar-refractivity contribution >= 4 is 0 Å². The van der Waals surface area contributed by atoms with E-state index in [0.717, 1.165) is 18.4 Å². The average Bonchev–Trinajstić information content (AvgIpc) is 2.90. The normalized spacial score (nSPS) is 20.4. The van der Waals surface area contributed by atoms with Crippen molar-refractivity contribution in [3.05, 3.63) is 35.9 Å². The van der Waals surface area contributed by atoms with E-state index in [2.05, 4.69) is 12.1 Å². The summed E-state index contributed by atoms with van der Waals surface area (Å²) in [6.07, 6.45) is 4.44. The Kier molecular flexibility index (Phi) is 4.57. The summed E-state index contributed by atoms with van der Waals surface area (Å²) in [5.41, 5.74) is 1.16. The van der Waals surface area contributed by atoms with Gasteiger partial charge in [0, 0.05) is 0 Å². The van der Waals surface area contributed by atoms with Crippen LogP contribution in [0.1, 0.15) is 38.2 Å². The van der Waals surface area contributed by atoms with Gasteiger partial charge in [0.15, 0.2) is 0 Å². The van der Waals surface area contributed by atoms with Crippen molar-refractivity contribution in [3.8, 4) is 0 Å². The molecule has 0 radical (unpaired) electrons. The van der Waals surface area contributed by atoms with Crippen molar-refractivity contribution < 1.29 is 9.84 Å². The molecule has 0 unspecified atom stereocenters. The second kappa shape index (κ2) is 6.18. The number of ether oxygens (including phenoxy) is 1. The Morgan fingerprint density at radius 2 is 1.88 bits per heavy atom. The second-order valence-electron chi connectivity index (χ2n) is 5.04. The Bertz CT molecular complexity index is 317. The molecular formula is C15H22O2. The highest BCUT2D eigenvalue weighted by Gasteiger charge is 2.27. The minimum atomic E-state index is -0.304. The highest BCUT2D eigenvalue weighted by molar-refractivity contribution is 5.13. The van der Waals surface area contributed by atoms with Gasteiger partial charge in [0.05, 0.1) is 18.8 Å². The minimum Gasteiger partial charge on any atom is -0.390 e. The maximum absolute atomic E-state index is 10.2. The van der Waals surface area contributed by atoms with Gasteiger partial charge in [-0.15, -0.1) is 0 Å². The van der Waals surface area contributed by atoms with Crippen LogP contribution in [0.3, 0.4) is 0 Å². The highest BCUT2D eigenvalue weighted by atomic mass is 16.5. The molecule has 0 bridgehead atoms. The van der Waals surface area contributed by atoms with Crippen molar-refractivity contribution in [2.24, 2.45) is 5.92 Å². The predicted molar refractivity (Wildman–Crippen MR) is 68.7 cm³/mol. The molecule has 94 valence electrons. The maximum Gasteiger partial charge on any atom is 0.0827 e. The fourth-order valence-corrected chi connectivity index (χ4v) is 2.58. The zero-order chi connectivity index (χ0) is 12.1. The van der Waals surface area contributed by atoms with Crippen molar-refractivity contribution in [2.45, 2.75) is 51.4 Å². The van der Waals surface area contributed by atoms with Crippen LogP contribution in [0.15, 0.2) is 30.3 Å². The van der Waals surface area contributed by atoms with E-state index < -0.39 is 0 Å². The molecule has 0 saturated heterocycles. The van der Waals surface area contributed by atoms with Gasteiger partial charge in [-0.25, -0.2) is 0 Å². The van der Waals surface area contributed by atoms with Gasteiger partial charge in [0.25, 0.3) is 0 Å². The maximum atomic E-state index is 10.2. The van der Waals surface area contributed by atoms with Crippen LogP contribution >= 0.6 is 0 Å².